The number of ether oxygens (including phenoxy) is 16. The van der Waals surface area contributed by atoms with Gasteiger partial charge in [0.1, 0.15) is 61.0 Å². The summed E-state index contributed by atoms with van der Waals surface area (Å²) in [5.74, 6) is -2.57. The maximum absolute atomic E-state index is 12.4. The molecule has 0 spiro atoms. The van der Waals surface area contributed by atoms with Crippen molar-refractivity contribution in [1.82, 2.24) is 0 Å². The van der Waals surface area contributed by atoms with E-state index in [1.165, 1.54) is 33.5 Å². The van der Waals surface area contributed by atoms with Gasteiger partial charge in [-0.15, -0.1) is 0 Å². The number of carbonyl (C=O) groups is 14. The fourth-order valence-corrected chi connectivity index (χ4v) is 19.1. The van der Waals surface area contributed by atoms with E-state index in [1.54, 1.807) is 14.2 Å². The van der Waals surface area contributed by atoms with Crippen molar-refractivity contribution >= 4 is 83.6 Å². The molecule has 0 N–H and O–H groups in total. The second kappa shape index (κ2) is 38.9. The third-order valence-corrected chi connectivity index (χ3v) is 29.7. The summed E-state index contributed by atoms with van der Waals surface area (Å²) in [5, 5.41) is 0. The smallest absolute Gasteiger partial charge is 0.312 e. The number of hydrogen-bond acceptors (Lipinski definition) is 30. The Hall–Kier alpha value is -7.50. The maximum atomic E-state index is 12.4. The molecule has 0 radical (unpaired) electrons. The summed E-state index contributed by atoms with van der Waals surface area (Å²) in [6.45, 7) is 36.6. The molecular formula is C91H138O30. The molecule has 26 atom stereocenters. The molecule has 10 aliphatic heterocycles. The van der Waals surface area contributed by atoms with Crippen LogP contribution in [-0.2, 0) is 143 Å². The van der Waals surface area contributed by atoms with Crippen LogP contribution in [0.4, 0.5) is 0 Å². The van der Waals surface area contributed by atoms with Gasteiger partial charge >= 0.3 is 83.6 Å². The van der Waals surface area contributed by atoms with E-state index in [0.29, 0.717) is 57.0 Å². The highest BCUT2D eigenvalue weighted by Crippen LogP contribution is 2.61. The van der Waals surface area contributed by atoms with E-state index in [4.69, 9.17) is 66.3 Å². The predicted molar refractivity (Wildman–Crippen MR) is 429 cm³/mol. The average Bonchev–Trinajstić information content (AvgIpc) is 1.54. The van der Waals surface area contributed by atoms with Crippen LogP contribution in [-0.4, -0.2) is 198 Å². The van der Waals surface area contributed by atoms with E-state index in [9.17, 15) is 67.1 Å². The van der Waals surface area contributed by atoms with Crippen molar-refractivity contribution in [2.75, 3.05) is 41.7 Å². The Morgan fingerprint density at radius 3 is 1.40 bits per heavy atom. The summed E-state index contributed by atoms with van der Waals surface area (Å²) in [6.07, 6.45) is 12.9. The van der Waals surface area contributed by atoms with E-state index in [2.05, 4.69) is 9.47 Å². The van der Waals surface area contributed by atoms with Gasteiger partial charge < -0.3 is 75.8 Å². The van der Waals surface area contributed by atoms with Gasteiger partial charge in [0.15, 0.2) is 12.2 Å². The summed E-state index contributed by atoms with van der Waals surface area (Å²) in [5.41, 5.74) is -3.50. The highest BCUT2D eigenvalue weighted by molar-refractivity contribution is 5.87. The van der Waals surface area contributed by atoms with Gasteiger partial charge in [0.2, 0.25) is 0 Å². The molecule has 121 heavy (non-hydrogen) atoms. The lowest BCUT2D eigenvalue weighted by atomic mass is 9.74. The standard InChI is InChI=1S/C17H24O6.C16H22O6.C14H20O4.C14H22O4.C13H18O5.C8H12O2.C7H14O2.C2H6O/c1-4-17(2,3)16(20)21-6-5-12(18)22-13-9-7-10-11(8-9)15(19)23-14(10)13;1-5-16(2,3)15(19)22-12-7-6-8-10(9(7)13(17)20-4)14(18)21-11(8)12;1-4-14(2,3)13(16)18-11-8-5-7-6-9(8)12(15)17-10(7)11;1-5-13(2,3)12(16)17-10-8-9-6-7-14(10,4)18-11(9)15;1-4-13(2,3)12(15)18-9-7-5-6-8(16-7)10(9)17-11(6)14;9-8-7-4-2-1-3-6(7)5-10-8;1-5-7(2,3)6(8)9-4;1-3-2/h9-11,13-14H,4-8H2,1-3H3;7-12H,5-6H2,1-4H3;7-11H,4-6H2,1-3H3;9-10H,5-8H2,1-4H3;6-10H,4-5H2,1-3H3;6-7H,1-5H2;5H2,1-4H3;1-2H3. The number of methoxy groups -OCH3 is 3. The lowest BCUT2D eigenvalue weighted by Crippen LogP contribution is -2.57. The second-order valence-electron chi connectivity index (χ2n) is 39.9. The Morgan fingerprint density at radius 2 is 0.876 bits per heavy atom. The van der Waals surface area contributed by atoms with E-state index >= 15 is 0 Å². The maximum Gasteiger partial charge on any atom is 0.312 e. The molecule has 18 rings (SSSR count). The van der Waals surface area contributed by atoms with Crippen LogP contribution in [0.25, 0.3) is 0 Å². The van der Waals surface area contributed by atoms with Crippen LogP contribution in [0.15, 0.2) is 0 Å². The summed E-state index contributed by atoms with van der Waals surface area (Å²) in [4.78, 5) is 165. The van der Waals surface area contributed by atoms with Crippen LogP contribution >= 0.6 is 0 Å². The van der Waals surface area contributed by atoms with Crippen LogP contribution < -0.4 is 0 Å². The predicted octanol–water partition coefficient (Wildman–Crippen LogP) is 11.8. The first-order valence-corrected chi connectivity index (χ1v) is 44.3. The van der Waals surface area contributed by atoms with Crippen molar-refractivity contribution in [3.63, 3.8) is 0 Å². The molecule has 26 unspecified atom stereocenters. The van der Waals surface area contributed by atoms with E-state index in [1.807, 2.05) is 132 Å². The SMILES string of the molecule is CCC(C)(C)C(=O)OC.CCC(C)(C)C(=O)OC1C2CC3C(=O)OC1C3O2.CCC(C)(C)C(=O)OC1C2CC3C1OC(=O)C3C2C(=O)OC.CCC(C)(C)C(=O)OC1C2CC3CC2C(=O)OC31.CCC(C)(C)C(=O)OC1CC2CCC1(C)OC2=O.CCC(C)(C)C(=O)OCCC(=O)OC1C2CC3C(=O)OC1C3C2.COC.O=C1OCC2CCCCC12. The molecule has 30 heteroatoms. The minimum Gasteiger partial charge on any atom is -0.469 e. The van der Waals surface area contributed by atoms with Crippen LogP contribution in [0.5, 0.6) is 0 Å². The van der Waals surface area contributed by atoms with Gasteiger partial charge in [-0.2, -0.15) is 0 Å². The molecule has 12 bridgehead atoms. The zero-order valence-corrected chi connectivity index (χ0v) is 75.7. The second-order valence-corrected chi connectivity index (χ2v) is 39.9. The van der Waals surface area contributed by atoms with Gasteiger partial charge in [-0.25, -0.2) is 0 Å². The largest absolute Gasteiger partial charge is 0.469 e. The van der Waals surface area contributed by atoms with Crippen LogP contribution in [0.1, 0.15) is 260 Å². The zero-order valence-electron chi connectivity index (χ0n) is 75.7. The highest BCUT2D eigenvalue weighted by atomic mass is 16.7. The van der Waals surface area contributed by atoms with Gasteiger partial charge in [0, 0.05) is 62.1 Å². The third-order valence-electron chi connectivity index (χ3n) is 29.7. The summed E-state index contributed by atoms with van der Waals surface area (Å²) in [6, 6.07) is 0. The number of hydrogen-bond donors (Lipinski definition) is 0. The van der Waals surface area contributed by atoms with E-state index < -0.39 is 80.9 Å². The van der Waals surface area contributed by atoms with Gasteiger partial charge in [0.05, 0.1) is 107 Å². The van der Waals surface area contributed by atoms with Crippen molar-refractivity contribution in [2.45, 2.75) is 333 Å². The molecule has 10 saturated heterocycles. The number of esters is 14. The van der Waals surface area contributed by atoms with Crippen molar-refractivity contribution < 1.29 is 143 Å². The minimum atomic E-state index is -0.620. The first kappa shape index (κ1) is 97.3. The minimum absolute atomic E-state index is 0.0113. The van der Waals surface area contributed by atoms with Crippen molar-refractivity contribution in [3.05, 3.63) is 0 Å². The molecule has 8 saturated carbocycles. The molecule has 0 aromatic heterocycles. The lowest BCUT2D eigenvalue weighted by Gasteiger charge is -2.48. The Balaban J connectivity index is 0.000000162. The van der Waals surface area contributed by atoms with Crippen molar-refractivity contribution in [1.29, 1.82) is 0 Å². The van der Waals surface area contributed by atoms with Gasteiger partial charge in [0.25, 0.3) is 0 Å². The third kappa shape index (κ3) is 20.7. The van der Waals surface area contributed by atoms with Gasteiger partial charge in [-0.05, 0) is 193 Å². The normalized spacial score (nSPS) is 35.2. The molecule has 0 amide bonds. The quantitative estimate of drug-likeness (QED) is 0.0761. The van der Waals surface area contributed by atoms with Crippen LogP contribution in [0.3, 0.4) is 0 Å². The fourth-order valence-electron chi connectivity index (χ4n) is 19.1. The molecule has 682 valence electrons. The van der Waals surface area contributed by atoms with Crippen molar-refractivity contribution in [3.8, 4) is 0 Å². The number of rotatable bonds is 21. The van der Waals surface area contributed by atoms with Gasteiger partial charge in [-0.1, -0.05) is 54.4 Å². The molecule has 18 aliphatic rings. The fraction of sp³-hybridized carbons (Fsp3) is 0.846. The summed E-state index contributed by atoms with van der Waals surface area (Å²) >= 11 is 0. The van der Waals surface area contributed by atoms with Crippen molar-refractivity contribution in [2.24, 2.45) is 115 Å². The molecule has 8 aliphatic carbocycles. The molecule has 18 fully saturated rings. The monoisotopic (exact) mass is 1710 g/mol. The molecule has 10 heterocycles. The molecule has 30 nitrogen and oxygen atoms in total. The van der Waals surface area contributed by atoms with Gasteiger partial charge in [-0.3, -0.25) is 67.1 Å². The first-order valence-electron chi connectivity index (χ1n) is 44.3. The van der Waals surface area contributed by atoms with Crippen LogP contribution in [0.2, 0.25) is 0 Å². The Bertz CT molecular complexity index is 3710. The number of fused-ring (bicyclic) bond motifs is 8. The summed E-state index contributed by atoms with van der Waals surface area (Å²) in [7, 11) is 5.98. The van der Waals surface area contributed by atoms with E-state index in [0.717, 1.165) is 64.2 Å². The zero-order chi connectivity index (χ0) is 89.9. The number of carbonyl (C=O) groups excluding carboxylic acids is 14. The Labute approximate surface area is 713 Å². The highest BCUT2D eigenvalue weighted by Gasteiger charge is 2.71. The number of cyclic esters (lactones) is 1. The molecular weight excluding hydrogens is 1570 g/mol. The lowest BCUT2D eigenvalue weighted by molar-refractivity contribution is -0.221. The molecule has 0 aromatic rings. The summed E-state index contributed by atoms with van der Waals surface area (Å²) < 4.78 is 84.3. The first-order chi connectivity index (χ1) is 56.6. The Morgan fingerprint density at radius 1 is 0.405 bits per heavy atom. The molecule has 0 aromatic carbocycles. The van der Waals surface area contributed by atoms with Crippen LogP contribution in [0, 0.1) is 115 Å². The topological polar surface area (TPSA) is 387 Å². The average molecular weight is 1710 g/mol. The van der Waals surface area contributed by atoms with E-state index in [-0.39, 0.29) is 192 Å². The Kier molecular flexibility index (Phi) is 31.3.